The number of anilines is 1. The molecule has 25 heavy (non-hydrogen) atoms. The van der Waals surface area contributed by atoms with Crippen LogP contribution in [0.3, 0.4) is 0 Å². The lowest BCUT2D eigenvalue weighted by molar-refractivity contribution is -0.118. The summed E-state index contributed by atoms with van der Waals surface area (Å²) in [6, 6.07) is 9.26. The average Bonchev–Trinajstić information content (AvgIpc) is 3.26. The average molecular weight is 339 g/mol. The molecule has 4 rings (SSSR count). The van der Waals surface area contributed by atoms with Gasteiger partial charge in [-0.1, -0.05) is 19.9 Å². The molecule has 2 aromatic rings. The number of carbonyl (C=O) groups excluding carboxylic acids is 1. The molecule has 3 N–H and O–H groups in total. The molecule has 1 aliphatic carbocycles. The van der Waals surface area contributed by atoms with Crippen LogP contribution < -0.4 is 20.5 Å². The highest BCUT2D eigenvalue weighted by Gasteiger charge is 2.46. The largest absolute Gasteiger partial charge is 0.492 e. The van der Waals surface area contributed by atoms with Gasteiger partial charge in [0, 0.05) is 17.0 Å². The molecule has 1 saturated carbocycles. The van der Waals surface area contributed by atoms with E-state index in [-0.39, 0.29) is 11.3 Å². The van der Waals surface area contributed by atoms with Crippen molar-refractivity contribution >= 4 is 11.6 Å². The van der Waals surface area contributed by atoms with E-state index in [9.17, 15) is 4.79 Å². The number of nitrogens with one attached hydrogen (secondary N) is 1. The number of nitrogens with two attached hydrogens (primary N) is 1. The van der Waals surface area contributed by atoms with Gasteiger partial charge in [0.1, 0.15) is 11.5 Å². The van der Waals surface area contributed by atoms with E-state index in [1.165, 1.54) is 0 Å². The van der Waals surface area contributed by atoms with Crippen molar-refractivity contribution in [3.05, 3.63) is 42.1 Å². The fourth-order valence-electron chi connectivity index (χ4n) is 2.96. The molecule has 1 aliphatic heterocycles. The molecule has 1 fully saturated rings. The number of hydrogen-bond acceptors (Lipinski definition) is 5. The molecule has 0 bridgehead atoms. The van der Waals surface area contributed by atoms with Gasteiger partial charge in [0.05, 0.1) is 24.0 Å². The molecule has 0 atom stereocenters. The molecule has 6 heteroatoms. The summed E-state index contributed by atoms with van der Waals surface area (Å²) in [5, 5.41) is 2.79. The van der Waals surface area contributed by atoms with Crippen LogP contribution in [0.25, 0.3) is 0 Å². The molecular formula is C19H21N3O3. The van der Waals surface area contributed by atoms with Crippen LogP contribution in [-0.4, -0.2) is 23.0 Å². The standard InChI is InChI=1S/C19H21N3O3/c1-18(2)11-24-13-4-3-5-14(16(13)18)25-15-7-6-12(10-21-15)22-17(23)19(20)8-9-19/h3-7,10H,8-9,11,20H2,1-2H3,(H,22,23). The first-order valence-electron chi connectivity index (χ1n) is 8.38. The predicted octanol–water partition coefficient (Wildman–Crippen LogP) is 2.97. The van der Waals surface area contributed by atoms with Crippen molar-refractivity contribution < 1.29 is 14.3 Å². The first-order chi connectivity index (χ1) is 11.9. The third-order valence-corrected chi connectivity index (χ3v) is 4.70. The molecule has 2 aliphatic rings. The van der Waals surface area contributed by atoms with Gasteiger partial charge in [0.15, 0.2) is 0 Å². The summed E-state index contributed by atoms with van der Waals surface area (Å²) in [7, 11) is 0. The summed E-state index contributed by atoms with van der Waals surface area (Å²) in [6.45, 7) is 4.87. The van der Waals surface area contributed by atoms with Gasteiger partial charge in [-0.25, -0.2) is 4.98 Å². The molecule has 0 radical (unpaired) electrons. The number of amides is 1. The Morgan fingerprint density at radius 1 is 1.28 bits per heavy atom. The number of fused-ring (bicyclic) bond motifs is 1. The molecular weight excluding hydrogens is 318 g/mol. The van der Waals surface area contributed by atoms with E-state index in [2.05, 4.69) is 24.1 Å². The maximum Gasteiger partial charge on any atom is 0.244 e. The Bertz CT molecular complexity index is 826. The summed E-state index contributed by atoms with van der Waals surface area (Å²) >= 11 is 0. The summed E-state index contributed by atoms with van der Waals surface area (Å²) in [5.41, 5.74) is 6.72. The number of hydrogen-bond donors (Lipinski definition) is 2. The van der Waals surface area contributed by atoms with Crippen molar-refractivity contribution in [3.63, 3.8) is 0 Å². The number of rotatable bonds is 4. The van der Waals surface area contributed by atoms with Gasteiger partial charge in [-0.15, -0.1) is 0 Å². The van der Waals surface area contributed by atoms with Gasteiger partial charge in [-0.05, 0) is 31.0 Å². The summed E-state index contributed by atoms with van der Waals surface area (Å²) in [6.07, 6.45) is 3.03. The van der Waals surface area contributed by atoms with Crippen LogP contribution in [0.2, 0.25) is 0 Å². The fourth-order valence-corrected chi connectivity index (χ4v) is 2.96. The zero-order valence-corrected chi connectivity index (χ0v) is 14.3. The van der Waals surface area contributed by atoms with E-state index in [4.69, 9.17) is 15.2 Å². The molecule has 0 spiro atoms. The number of benzene rings is 1. The molecule has 2 heterocycles. The number of aromatic nitrogens is 1. The Hall–Kier alpha value is -2.60. The maximum absolute atomic E-state index is 12.0. The Morgan fingerprint density at radius 3 is 2.76 bits per heavy atom. The number of pyridine rings is 1. The minimum absolute atomic E-state index is 0.112. The van der Waals surface area contributed by atoms with E-state index < -0.39 is 5.54 Å². The van der Waals surface area contributed by atoms with Gasteiger partial charge in [-0.3, -0.25) is 4.79 Å². The second-order valence-electron chi connectivity index (χ2n) is 7.40. The summed E-state index contributed by atoms with van der Waals surface area (Å²) in [5.74, 6) is 1.89. The topological polar surface area (TPSA) is 86.5 Å². The molecule has 0 unspecified atom stereocenters. The predicted molar refractivity (Wildman–Crippen MR) is 94.1 cm³/mol. The van der Waals surface area contributed by atoms with Gasteiger partial charge >= 0.3 is 0 Å². The lowest BCUT2D eigenvalue weighted by Crippen LogP contribution is -2.37. The van der Waals surface area contributed by atoms with Crippen LogP contribution in [0, 0.1) is 0 Å². The van der Waals surface area contributed by atoms with Gasteiger partial charge < -0.3 is 20.5 Å². The van der Waals surface area contributed by atoms with Crippen LogP contribution in [0.15, 0.2) is 36.5 Å². The zero-order chi connectivity index (χ0) is 17.7. The van der Waals surface area contributed by atoms with Crippen molar-refractivity contribution in [2.75, 3.05) is 11.9 Å². The van der Waals surface area contributed by atoms with Crippen molar-refractivity contribution in [1.82, 2.24) is 4.98 Å². The monoisotopic (exact) mass is 339 g/mol. The van der Waals surface area contributed by atoms with Gasteiger partial charge in [0.2, 0.25) is 11.8 Å². The highest BCUT2D eigenvalue weighted by molar-refractivity contribution is 5.99. The molecule has 0 saturated heterocycles. The van der Waals surface area contributed by atoms with Crippen molar-refractivity contribution in [2.24, 2.45) is 5.73 Å². The Labute approximate surface area is 146 Å². The lowest BCUT2D eigenvalue weighted by atomic mass is 9.86. The van der Waals surface area contributed by atoms with Crippen molar-refractivity contribution in [2.45, 2.75) is 37.6 Å². The highest BCUT2D eigenvalue weighted by atomic mass is 16.5. The van der Waals surface area contributed by atoms with Crippen LogP contribution in [0.1, 0.15) is 32.3 Å². The SMILES string of the molecule is CC1(C)COc2cccc(Oc3ccc(NC(=O)C4(N)CC4)cn3)c21. The minimum Gasteiger partial charge on any atom is -0.492 e. The lowest BCUT2D eigenvalue weighted by Gasteiger charge is -2.18. The van der Waals surface area contributed by atoms with E-state index in [1.807, 2.05) is 18.2 Å². The first-order valence-corrected chi connectivity index (χ1v) is 8.38. The molecule has 130 valence electrons. The normalized spacial score (nSPS) is 18.8. The Morgan fingerprint density at radius 2 is 2.08 bits per heavy atom. The first kappa shape index (κ1) is 15.9. The zero-order valence-electron chi connectivity index (χ0n) is 14.3. The van der Waals surface area contributed by atoms with Crippen molar-refractivity contribution in [3.8, 4) is 17.4 Å². The third kappa shape index (κ3) is 2.93. The van der Waals surface area contributed by atoms with E-state index in [0.29, 0.717) is 18.2 Å². The Kier molecular flexibility index (Phi) is 3.47. The molecule has 1 aromatic heterocycles. The van der Waals surface area contributed by atoms with Crippen LogP contribution in [0.5, 0.6) is 17.4 Å². The fraction of sp³-hybridized carbons (Fsp3) is 0.368. The van der Waals surface area contributed by atoms with E-state index in [1.54, 1.807) is 18.3 Å². The molecule has 1 aromatic carbocycles. The van der Waals surface area contributed by atoms with Crippen LogP contribution in [0.4, 0.5) is 5.69 Å². The summed E-state index contributed by atoms with van der Waals surface area (Å²) < 4.78 is 11.7. The quantitative estimate of drug-likeness (QED) is 0.894. The highest BCUT2D eigenvalue weighted by Crippen LogP contribution is 2.45. The second kappa shape index (κ2) is 5.46. The molecule has 1 amide bonds. The van der Waals surface area contributed by atoms with Crippen LogP contribution in [-0.2, 0) is 10.2 Å². The Balaban J connectivity index is 1.51. The molecule has 6 nitrogen and oxygen atoms in total. The second-order valence-corrected chi connectivity index (χ2v) is 7.40. The van der Waals surface area contributed by atoms with Gasteiger partial charge in [-0.2, -0.15) is 0 Å². The number of ether oxygens (including phenoxy) is 2. The minimum atomic E-state index is -0.703. The van der Waals surface area contributed by atoms with E-state index in [0.717, 1.165) is 29.9 Å². The number of carbonyl (C=O) groups is 1. The van der Waals surface area contributed by atoms with Gasteiger partial charge in [0.25, 0.3) is 0 Å². The van der Waals surface area contributed by atoms with Crippen molar-refractivity contribution in [1.29, 1.82) is 0 Å². The third-order valence-electron chi connectivity index (χ3n) is 4.70. The summed E-state index contributed by atoms with van der Waals surface area (Å²) in [4.78, 5) is 16.2. The smallest absolute Gasteiger partial charge is 0.244 e. The van der Waals surface area contributed by atoms with Crippen LogP contribution >= 0.6 is 0 Å². The van der Waals surface area contributed by atoms with E-state index >= 15 is 0 Å². The maximum atomic E-state index is 12.0. The number of nitrogens with zero attached hydrogens (tertiary/aromatic N) is 1.